The topological polar surface area (TPSA) is 42.4 Å². The Morgan fingerprint density at radius 2 is 2.09 bits per heavy atom. The number of carbonyl (C=O) groups is 1. The second-order valence-electron chi connectivity index (χ2n) is 5.26. The third kappa shape index (κ3) is 3.60. The van der Waals surface area contributed by atoms with Gasteiger partial charge >= 0.3 is 0 Å². The molecule has 0 aliphatic rings. The summed E-state index contributed by atoms with van der Waals surface area (Å²) in [5.74, 6) is -0.421. The maximum Gasteiger partial charge on any atom is 0.254 e. The summed E-state index contributed by atoms with van der Waals surface area (Å²) in [7, 11) is 1.61. The number of aryl methyl sites for hydroxylation is 1. The van der Waals surface area contributed by atoms with Crippen LogP contribution in [0.5, 0.6) is 0 Å². The number of hydrogen-bond acceptors (Lipinski definition) is 3. The van der Waals surface area contributed by atoms with Gasteiger partial charge in [0.15, 0.2) is 0 Å². The van der Waals surface area contributed by atoms with E-state index in [0.29, 0.717) is 41.9 Å². The zero-order valence-electron chi connectivity index (χ0n) is 13.2. The van der Waals surface area contributed by atoms with Crippen LogP contribution in [-0.4, -0.2) is 42.6 Å². The molecule has 0 saturated heterocycles. The van der Waals surface area contributed by atoms with Crippen molar-refractivity contribution >= 4 is 16.8 Å². The molecule has 1 heterocycles. The molecule has 0 fully saturated rings. The molecule has 22 heavy (non-hydrogen) atoms. The van der Waals surface area contributed by atoms with Crippen molar-refractivity contribution in [1.82, 2.24) is 9.88 Å². The number of benzene rings is 1. The summed E-state index contributed by atoms with van der Waals surface area (Å²) in [5.41, 5.74) is 1.77. The summed E-state index contributed by atoms with van der Waals surface area (Å²) in [6.45, 7) is 5.51. The average Bonchev–Trinajstić information content (AvgIpc) is 2.49. The smallest absolute Gasteiger partial charge is 0.254 e. The van der Waals surface area contributed by atoms with E-state index in [4.69, 9.17) is 4.74 Å². The van der Waals surface area contributed by atoms with E-state index in [1.807, 2.05) is 6.92 Å². The number of aromatic nitrogens is 1. The minimum absolute atomic E-state index is 0.0685. The molecule has 0 bridgehead atoms. The molecule has 0 aliphatic carbocycles. The Morgan fingerprint density at radius 1 is 1.32 bits per heavy atom. The molecule has 4 nitrogen and oxygen atoms in total. The van der Waals surface area contributed by atoms with Gasteiger partial charge in [-0.25, -0.2) is 4.39 Å². The highest BCUT2D eigenvalue weighted by molar-refractivity contribution is 6.06. The van der Waals surface area contributed by atoms with Gasteiger partial charge in [0.05, 0.1) is 17.7 Å². The highest BCUT2D eigenvalue weighted by atomic mass is 19.1. The molecule has 0 radical (unpaired) electrons. The highest BCUT2D eigenvalue weighted by Crippen LogP contribution is 2.21. The van der Waals surface area contributed by atoms with E-state index in [1.165, 1.54) is 12.1 Å². The lowest BCUT2D eigenvalue weighted by molar-refractivity contribution is 0.0697. The Bertz CT molecular complexity index is 668. The molecular weight excluding hydrogens is 283 g/mol. The van der Waals surface area contributed by atoms with Gasteiger partial charge in [-0.2, -0.15) is 0 Å². The van der Waals surface area contributed by atoms with Crippen LogP contribution in [-0.2, 0) is 4.74 Å². The first-order valence-electron chi connectivity index (χ1n) is 7.42. The summed E-state index contributed by atoms with van der Waals surface area (Å²) >= 11 is 0. The fourth-order valence-corrected chi connectivity index (χ4v) is 2.47. The van der Waals surface area contributed by atoms with Crippen molar-refractivity contribution in [3.63, 3.8) is 0 Å². The molecule has 0 atom stereocenters. The number of rotatable bonds is 6. The normalized spacial score (nSPS) is 10.9. The molecule has 0 spiro atoms. The number of ether oxygens (including phenoxy) is 1. The van der Waals surface area contributed by atoms with E-state index in [-0.39, 0.29) is 11.7 Å². The Balaban J connectivity index is 2.45. The lowest BCUT2D eigenvalue weighted by atomic mass is 10.1. The second kappa shape index (κ2) is 7.31. The summed E-state index contributed by atoms with van der Waals surface area (Å²) < 4.78 is 18.5. The van der Waals surface area contributed by atoms with Gasteiger partial charge in [-0.1, -0.05) is 6.92 Å². The van der Waals surface area contributed by atoms with Crippen molar-refractivity contribution in [3.05, 3.63) is 41.3 Å². The predicted octanol–water partition coefficient (Wildman–Crippen LogP) is 3.18. The minimum Gasteiger partial charge on any atom is -0.383 e. The van der Waals surface area contributed by atoms with Crippen LogP contribution in [0.4, 0.5) is 4.39 Å². The first kappa shape index (κ1) is 16.4. The van der Waals surface area contributed by atoms with Gasteiger partial charge in [0.25, 0.3) is 5.91 Å². The van der Waals surface area contributed by atoms with Gasteiger partial charge in [0, 0.05) is 37.3 Å². The Hall–Kier alpha value is -2.01. The van der Waals surface area contributed by atoms with E-state index in [9.17, 15) is 9.18 Å². The van der Waals surface area contributed by atoms with E-state index in [2.05, 4.69) is 4.98 Å². The largest absolute Gasteiger partial charge is 0.383 e. The molecule has 118 valence electrons. The molecule has 5 heteroatoms. The standard InChI is InChI=1S/C17H21FN2O2/c1-4-7-20(8-9-22-3)17(21)15-10-12(2)19-16-11-13(18)5-6-14(15)16/h5-6,10-11H,4,7-9H2,1-3H3. The fourth-order valence-electron chi connectivity index (χ4n) is 2.47. The zero-order valence-corrected chi connectivity index (χ0v) is 13.2. The Labute approximate surface area is 129 Å². The second-order valence-corrected chi connectivity index (χ2v) is 5.26. The number of fused-ring (bicyclic) bond motifs is 1. The van der Waals surface area contributed by atoms with Gasteiger partial charge in [0.1, 0.15) is 5.82 Å². The van der Waals surface area contributed by atoms with Crippen molar-refractivity contribution in [2.45, 2.75) is 20.3 Å². The lowest BCUT2D eigenvalue weighted by Crippen LogP contribution is -2.34. The molecule has 1 amide bonds. The third-order valence-electron chi connectivity index (χ3n) is 3.48. The molecular formula is C17H21FN2O2. The van der Waals surface area contributed by atoms with Crippen molar-refractivity contribution in [2.75, 3.05) is 26.8 Å². The minimum atomic E-state index is -0.353. The number of pyridine rings is 1. The number of hydrogen-bond donors (Lipinski definition) is 0. The van der Waals surface area contributed by atoms with Gasteiger partial charge in [-0.3, -0.25) is 9.78 Å². The van der Waals surface area contributed by atoms with Crippen molar-refractivity contribution in [1.29, 1.82) is 0 Å². The molecule has 1 aromatic carbocycles. The third-order valence-corrected chi connectivity index (χ3v) is 3.48. The first-order chi connectivity index (χ1) is 10.6. The van der Waals surface area contributed by atoms with Crippen LogP contribution >= 0.6 is 0 Å². The van der Waals surface area contributed by atoms with Gasteiger partial charge < -0.3 is 9.64 Å². The van der Waals surface area contributed by atoms with E-state index >= 15 is 0 Å². The van der Waals surface area contributed by atoms with Crippen molar-refractivity contribution < 1.29 is 13.9 Å². The molecule has 0 unspecified atom stereocenters. The SMILES string of the molecule is CCCN(CCOC)C(=O)c1cc(C)nc2cc(F)ccc12. The van der Waals surface area contributed by atoms with Gasteiger partial charge in [-0.05, 0) is 31.5 Å². The summed E-state index contributed by atoms with van der Waals surface area (Å²) in [4.78, 5) is 18.9. The zero-order chi connectivity index (χ0) is 16.1. The molecule has 0 aliphatic heterocycles. The summed E-state index contributed by atoms with van der Waals surface area (Å²) in [6, 6.07) is 6.09. The number of carbonyl (C=O) groups excluding carboxylic acids is 1. The van der Waals surface area contributed by atoms with Gasteiger partial charge in [0.2, 0.25) is 0 Å². The monoisotopic (exact) mass is 304 g/mol. The van der Waals surface area contributed by atoms with Crippen LogP contribution in [0.2, 0.25) is 0 Å². The van der Waals surface area contributed by atoms with Crippen LogP contribution < -0.4 is 0 Å². The van der Waals surface area contributed by atoms with E-state index in [0.717, 1.165) is 6.42 Å². The van der Waals surface area contributed by atoms with E-state index in [1.54, 1.807) is 31.1 Å². The van der Waals surface area contributed by atoms with Crippen LogP contribution in [0.15, 0.2) is 24.3 Å². The summed E-state index contributed by atoms with van der Waals surface area (Å²) in [6.07, 6.45) is 0.867. The van der Waals surface area contributed by atoms with Gasteiger partial charge in [-0.15, -0.1) is 0 Å². The Morgan fingerprint density at radius 3 is 2.77 bits per heavy atom. The molecule has 2 aromatic rings. The Kier molecular flexibility index (Phi) is 5.44. The molecule has 0 N–H and O–H groups in total. The average molecular weight is 304 g/mol. The molecule has 2 rings (SSSR count). The van der Waals surface area contributed by atoms with E-state index < -0.39 is 0 Å². The number of halogens is 1. The molecule has 0 saturated carbocycles. The molecule has 1 aromatic heterocycles. The first-order valence-corrected chi connectivity index (χ1v) is 7.42. The number of nitrogens with zero attached hydrogens (tertiary/aromatic N) is 2. The van der Waals surface area contributed by atoms with Crippen LogP contribution in [0, 0.1) is 12.7 Å². The predicted molar refractivity (Wildman–Crippen MR) is 84.5 cm³/mol. The maximum absolute atomic E-state index is 13.4. The van der Waals surface area contributed by atoms with Crippen LogP contribution in [0.25, 0.3) is 10.9 Å². The summed E-state index contributed by atoms with van der Waals surface area (Å²) in [5, 5.41) is 0.676. The maximum atomic E-state index is 13.4. The fraction of sp³-hybridized carbons (Fsp3) is 0.412. The number of methoxy groups -OCH3 is 1. The quantitative estimate of drug-likeness (QED) is 0.823. The van der Waals surface area contributed by atoms with Crippen molar-refractivity contribution in [3.8, 4) is 0 Å². The van der Waals surface area contributed by atoms with Crippen molar-refractivity contribution in [2.24, 2.45) is 0 Å². The van der Waals surface area contributed by atoms with Crippen LogP contribution in [0.1, 0.15) is 29.4 Å². The lowest BCUT2D eigenvalue weighted by Gasteiger charge is -2.22. The highest BCUT2D eigenvalue weighted by Gasteiger charge is 2.18. The number of amides is 1. The van der Waals surface area contributed by atoms with Crippen LogP contribution in [0.3, 0.4) is 0 Å².